The molecule has 0 aliphatic carbocycles. The summed E-state index contributed by atoms with van der Waals surface area (Å²) in [6.45, 7) is 8.89. The van der Waals surface area contributed by atoms with Crippen molar-refractivity contribution in [3.05, 3.63) is 0 Å². The third-order valence-electron chi connectivity index (χ3n) is 9.29. The van der Waals surface area contributed by atoms with Gasteiger partial charge in [-0.15, -0.1) is 0 Å². The molecule has 0 saturated carbocycles. The lowest BCUT2D eigenvalue weighted by Gasteiger charge is -2.18. The zero-order valence-corrected chi connectivity index (χ0v) is 32.4. The molecular weight excluding hydrogens is 600 g/mol. The largest absolute Gasteiger partial charge is 0.462 e. The molecule has 1 atom stereocenters. The third kappa shape index (κ3) is 35.7. The van der Waals surface area contributed by atoms with Gasteiger partial charge >= 0.3 is 17.9 Å². The molecule has 48 heavy (non-hydrogen) atoms. The van der Waals surface area contributed by atoms with Gasteiger partial charge in [0.25, 0.3) is 0 Å². The summed E-state index contributed by atoms with van der Waals surface area (Å²) in [4.78, 5) is 37.3. The Morgan fingerprint density at radius 3 is 1.02 bits per heavy atom. The monoisotopic (exact) mass is 681 g/mol. The summed E-state index contributed by atoms with van der Waals surface area (Å²) in [5.74, 6) is -0.0478. The number of unbranched alkanes of at least 4 members (excludes halogenated alkanes) is 24. The van der Waals surface area contributed by atoms with Gasteiger partial charge in [-0.25, -0.2) is 0 Å². The quantitative estimate of drug-likeness (QED) is 0.0369. The normalized spacial score (nSPS) is 11.9. The highest BCUT2D eigenvalue weighted by Gasteiger charge is 2.19. The van der Waals surface area contributed by atoms with E-state index < -0.39 is 6.10 Å². The van der Waals surface area contributed by atoms with Crippen molar-refractivity contribution in [3.8, 4) is 0 Å². The van der Waals surface area contributed by atoms with Gasteiger partial charge < -0.3 is 14.2 Å². The smallest absolute Gasteiger partial charge is 0.306 e. The SMILES string of the molecule is CCCCCCCCCCCCCC(=O)OC[C@@H](COC(=O)CCCCCCCCCCCCCC(C)C)OC(=O)CCCCCCC. The highest BCUT2D eigenvalue weighted by atomic mass is 16.6. The minimum absolute atomic E-state index is 0.0658. The van der Waals surface area contributed by atoms with Gasteiger partial charge in [-0.05, 0) is 25.2 Å². The molecule has 0 rings (SSSR count). The lowest BCUT2D eigenvalue weighted by Crippen LogP contribution is -2.30. The van der Waals surface area contributed by atoms with Gasteiger partial charge in [0, 0.05) is 19.3 Å². The van der Waals surface area contributed by atoms with E-state index in [4.69, 9.17) is 14.2 Å². The van der Waals surface area contributed by atoms with E-state index in [2.05, 4.69) is 27.7 Å². The summed E-state index contributed by atoms with van der Waals surface area (Å²) < 4.78 is 16.5. The molecule has 0 heterocycles. The van der Waals surface area contributed by atoms with Crippen molar-refractivity contribution in [3.63, 3.8) is 0 Å². The van der Waals surface area contributed by atoms with Gasteiger partial charge in [-0.3, -0.25) is 14.4 Å². The fourth-order valence-electron chi connectivity index (χ4n) is 6.10. The zero-order valence-electron chi connectivity index (χ0n) is 32.4. The summed E-state index contributed by atoms with van der Waals surface area (Å²) in [6.07, 6.45) is 34.0. The van der Waals surface area contributed by atoms with Crippen LogP contribution in [0.4, 0.5) is 0 Å². The number of hydrogen-bond donors (Lipinski definition) is 0. The second kappa shape index (κ2) is 36.7. The molecule has 0 bridgehead atoms. The Morgan fingerprint density at radius 2 is 0.688 bits per heavy atom. The van der Waals surface area contributed by atoms with Crippen LogP contribution in [0.2, 0.25) is 0 Å². The summed E-state index contributed by atoms with van der Waals surface area (Å²) in [7, 11) is 0. The van der Waals surface area contributed by atoms with Gasteiger partial charge in [-0.1, -0.05) is 188 Å². The van der Waals surface area contributed by atoms with Crippen LogP contribution in [0.5, 0.6) is 0 Å². The predicted molar refractivity (Wildman–Crippen MR) is 201 cm³/mol. The van der Waals surface area contributed by atoms with Crippen LogP contribution in [0.15, 0.2) is 0 Å². The van der Waals surface area contributed by atoms with Crippen LogP contribution in [-0.2, 0) is 28.6 Å². The molecule has 0 aromatic rings. The van der Waals surface area contributed by atoms with Crippen molar-refractivity contribution < 1.29 is 28.6 Å². The van der Waals surface area contributed by atoms with E-state index in [1.54, 1.807) is 0 Å². The Labute approximate surface area is 298 Å². The van der Waals surface area contributed by atoms with Gasteiger partial charge in [0.05, 0.1) is 0 Å². The lowest BCUT2D eigenvalue weighted by molar-refractivity contribution is -0.167. The van der Waals surface area contributed by atoms with Crippen LogP contribution in [0.25, 0.3) is 0 Å². The molecule has 0 amide bonds. The number of ether oxygens (including phenoxy) is 3. The molecule has 0 aromatic heterocycles. The fourth-order valence-corrected chi connectivity index (χ4v) is 6.10. The van der Waals surface area contributed by atoms with Gasteiger partial charge in [0.1, 0.15) is 13.2 Å². The Morgan fingerprint density at radius 1 is 0.396 bits per heavy atom. The molecule has 0 spiro atoms. The van der Waals surface area contributed by atoms with Crippen LogP contribution in [-0.4, -0.2) is 37.2 Å². The Kier molecular flexibility index (Phi) is 35.5. The highest BCUT2D eigenvalue weighted by Crippen LogP contribution is 2.15. The molecule has 0 N–H and O–H groups in total. The first-order chi connectivity index (χ1) is 23.4. The first-order valence-corrected chi connectivity index (χ1v) is 20.9. The summed E-state index contributed by atoms with van der Waals surface area (Å²) in [5, 5.41) is 0. The molecule has 6 nitrogen and oxygen atoms in total. The van der Waals surface area contributed by atoms with Crippen LogP contribution in [0, 0.1) is 5.92 Å². The van der Waals surface area contributed by atoms with E-state index >= 15 is 0 Å². The number of carbonyl (C=O) groups excluding carboxylic acids is 3. The van der Waals surface area contributed by atoms with E-state index in [0.29, 0.717) is 19.3 Å². The molecule has 0 radical (unpaired) electrons. The Bertz CT molecular complexity index is 721. The first kappa shape index (κ1) is 46.4. The summed E-state index contributed by atoms with van der Waals surface area (Å²) >= 11 is 0. The molecule has 0 saturated heterocycles. The van der Waals surface area contributed by atoms with Crippen molar-refractivity contribution in [2.45, 2.75) is 233 Å². The van der Waals surface area contributed by atoms with Crippen LogP contribution < -0.4 is 0 Å². The van der Waals surface area contributed by atoms with Gasteiger partial charge in [0.2, 0.25) is 0 Å². The summed E-state index contributed by atoms with van der Waals surface area (Å²) in [5.41, 5.74) is 0. The second-order valence-corrected chi connectivity index (χ2v) is 14.7. The predicted octanol–water partition coefficient (Wildman–Crippen LogP) is 12.8. The van der Waals surface area contributed by atoms with E-state index in [0.717, 1.165) is 70.1 Å². The molecule has 0 aliphatic rings. The number of esters is 3. The van der Waals surface area contributed by atoms with Crippen molar-refractivity contribution in [1.82, 2.24) is 0 Å². The maximum atomic E-state index is 12.5. The second-order valence-electron chi connectivity index (χ2n) is 14.7. The van der Waals surface area contributed by atoms with E-state index in [-0.39, 0.29) is 31.1 Å². The molecule has 0 aliphatic heterocycles. The highest BCUT2D eigenvalue weighted by molar-refractivity contribution is 5.71. The van der Waals surface area contributed by atoms with Crippen molar-refractivity contribution >= 4 is 17.9 Å². The van der Waals surface area contributed by atoms with Crippen LogP contribution >= 0.6 is 0 Å². The standard InChI is InChI=1S/C42H80O6/c1-5-7-9-11-12-13-15-19-22-26-29-33-40(43)46-36-39(48-42(45)35-31-24-10-8-6-2)37-47-41(44)34-30-27-23-20-17-14-16-18-21-25-28-32-38(3)4/h38-39H,5-37H2,1-4H3/t39-/m0/s1. The van der Waals surface area contributed by atoms with Crippen LogP contribution in [0.1, 0.15) is 227 Å². The Hall–Kier alpha value is -1.59. The maximum absolute atomic E-state index is 12.5. The average molecular weight is 681 g/mol. The van der Waals surface area contributed by atoms with E-state index in [9.17, 15) is 14.4 Å². The minimum Gasteiger partial charge on any atom is -0.462 e. The topological polar surface area (TPSA) is 78.9 Å². The molecule has 6 heteroatoms. The molecule has 284 valence electrons. The van der Waals surface area contributed by atoms with E-state index in [1.165, 1.54) is 116 Å². The average Bonchev–Trinajstić information content (AvgIpc) is 3.06. The molecule has 0 unspecified atom stereocenters. The van der Waals surface area contributed by atoms with Crippen LogP contribution in [0.3, 0.4) is 0 Å². The third-order valence-corrected chi connectivity index (χ3v) is 9.29. The van der Waals surface area contributed by atoms with Crippen molar-refractivity contribution in [2.75, 3.05) is 13.2 Å². The van der Waals surface area contributed by atoms with Crippen molar-refractivity contribution in [2.24, 2.45) is 5.92 Å². The van der Waals surface area contributed by atoms with Gasteiger partial charge in [-0.2, -0.15) is 0 Å². The van der Waals surface area contributed by atoms with Gasteiger partial charge in [0.15, 0.2) is 6.10 Å². The fraction of sp³-hybridized carbons (Fsp3) is 0.929. The molecule has 0 aromatic carbocycles. The maximum Gasteiger partial charge on any atom is 0.306 e. The lowest BCUT2D eigenvalue weighted by atomic mass is 10.0. The van der Waals surface area contributed by atoms with E-state index in [1.807, 2.05) is 0 Å². The minimum atomic E-state index is -0.756. The molecular formula is C42H80O6. The first-order valence-electron chi connectivity index (χ1n) is 20.9. The zero-order chi connectivity index (χ0) is 35.3. The number of hydrogen-bond acceptors (Lipinski definition) is 6. The number of carbonyl (C=O) groups is 3. The number of rotatable bonds is 37. The molecule has 0 fully saturated rings. The summed E-state index contributed by atoms with van der Waals surface area (Å²) in [6, 6.07) is 0. The Balaban J connectivity index is 4.18. The van der Waals surface area contributed by atoms with Crippen molar-refractivity contribution in [1.29, 1.82) is 0 Å².